The SMILES string of the molecule is [B]c1cc(OCOC)cc2ccc(F)c(C#C[Si](C(C)C)(C(C)C)C(C)C)c12. The molecule has 0 saturated carbocycles. The molecule has 2 nitrogen and oxygen atoms in total. The van der Waals surface area contributed by atoms with Gasteiger partial charge in [0.05, 0.1) is 5.56 Å². The molecule has 2 aromatic rings. The molecule has 0 aliphatic carbocycles. The second-order valence-corrected chi connectivity index (χ2v) is 13.8. The number of hydrogen-bond acceptors (Lipinski definition) is 2. The van der Waals surface area contributed by atoms with Crippen LogP contribution in [0.25, 0.3) is 10.8 Å². The second-order valence-electron chi connectivity index (χ2n) is 8.23. The van der Waals surface area contributed by atoms with Gasteiger partial charge in [-0.25, -0.2) is 4.39 Å². The summed E-state index contributed by atoms with van der Waals surface area (Å²) >= 11 is 0. The number of halogens is 1. The molecule has 0 aliphatic rings. The van der Waals surface area contributed by atoms with Gasteiger partial charge in [-0.3, -0.25) is 0 Å². The van der Waals surface area contributed by atoms with E-state index in [0.29, 0.717) is 38.8 Å². The van der Waals surface area contributed by atoms with Crippen molar-refractivity contribution in [2.24, 2.45) is 0 Å². The first kappa shape index (κ1) is 22.5. The predicted molar refractivity (Wildman–Crippen MR) is 120 cm³/mol. The largest absolute Gasteiger partial charge is 0.468 e. The molecule has 0 amide bonds. The zero-order chi connectivity index (χ0) is 21.1. The first-order valence-corrected chi connectivity index (χ1v) is 12.0. The Morgan fingerprint density at radius 2 is 1.64 bits per heavy atom. The maximum absolute atomic E-state index is 14.8. The van der Waals surface area contributed by atoms with Gasteiger partial charge in [-0.05, 0) is 45.6 Å². The third kappa shape index (κ3) is 4.29. The number of rotatable bonds is 6. The van der Waals surface area contributed by atoms with E-state index in [2.05, 4.69) is 53.0 Å². The van der Waals surface area contributed by atoms with E-state index in [-0.39, 0.29) is 12.6 Å². The quantitative estimate of drug-likeness (QED) is 0.374. The minimum Gasteiger partial charge on any atom is -0.468 e. The highest BCUT2D eigenvalue weighted by atomic mass is 28.3. The van der Waals surface area contributed by atoms with Gasteiger partial charge in [0, 0.05) is 7.11 Å². The third-order valence-corrected chi connectivity index (χ3v) is 12.0. The molecule has 2 rings (SSSR count). The topological polar surface area (TPSA) is 18.5 Å². The molecule has 0 fully saturated rings. The summed E-state index contributed by atoms with van der Waals surface area (Å²) in [5.41, 5.74) is 5.87. The summed E-state index contributed by atoms with van der Waals surface area (Å²) in [5.74, 6) is 3.49. The summed E-state index contributed by atoms with van der Waals surface area (Å²) < 4.78 is 25.2. The van der Waals surface area contributed by atoms with Crippen molar-refractivity contribution in [2.45, 2.75) is 58.2 Å². The van der Waals surface area contributed by atoms with E-state index in [0.717, 1.165) is 5.39 Å². The molecule has 2 aromatic carbocycles. The van der Waals surface area contributed by atoms with Crippen LogP contribution in [-0.4, -0.2) is 29.8 Å². The fourth-order valence-electron chi connectivity index (χ4n) is 4.38. The molecule has 0 spiro atoms. The van der Waals surface area contributed by atoms with Gasteiger partial charge in [-0.1, -0.05) is 59.0 Å². The summed E-state index contributed by atoms with van der Waals surface area (Å²) in [6.07, 6.45) is 0. The highest BCUT2D eigenvalue weighted by Gasteiger charge is 2.41. The van der Waals surface area contributed by atoms with Crippen LogP contribution in [0.4, 0.5) is 4.39 Å². The van der Waals surface area contributed by atoms with E-state index in [9.17, 15) is 4.39 Å². The van der Waals surface area contributed by atoms with E-state index in [4.69, 9.17) is 17.3 Å². The van der Waals surface area contributed by atoms with E-state index in [1.165, 1.54) is 6.07 Å². The van der Waals surface area contributed by atoms with E-state index < -0.39 is 8.07 Å². The number of fused-ring (bicyclic) bond motifs is 1. The fourth-order valence-corrected chi connectivity index (χ4v) is 9.59. The smallest absolute Gasteiger partial charge is 0.188 e. The lowest BCUT2D eigenvalue weighted by Crippen LogP contribution is -2.43. The Labute approximate surface area is 171 Å². The average molecular weight is 396 g/mol. The van der Waals surface area contributed by atoms with Crippen molar-refractivity contribution in [1.29, 1.82) is 0 Å². The van der Waals surface area contributed by atoms with Crippen LogP contribution in [0.1, 0.15) is 47.1 Å². The monoisotopic (exact) mass is 396 g/mol. The number of ether oxygens (including phenoxy) is 2. The fraction of sp³-hybridized carbons (Fsp3) is 0.478. The van der Waals surface area contributed by atoms with Gasteiger partial charge in [-0.15, -0.1) is 5.54 Å². The zero-order valence-corrected chi connectivity index (χ0v) is 19.0. The molecule has 0 aromatic heterocycles. The van der Waals surface area contributed by atoms with E-state index in [1.54, 1.807) is 19.2 Å². The van der Waals surface area contributed by atoms with Crippen molar-refractivity contribution in [3.63, 3.8) is 0 Å². The summed E-state index contributed by atoms with van der Waals surface area (Å²) in [6.45, 7) is 13.6. The van der Waals surface area contributed by atoms with Crippen molar-refractivity contribution < 1.29 is 13.9 Å². The molecule has 0 N–H and O–H groups in total. The van der Waals surface area contributed by atoms with Gasteiger partial charge in [0.15, 0.2) is 6.79 Å². The summed E-state index contributed by atoms with van der Waals surface area (Å²) in [5, 5.41) is 1.46. The number of benzene rings is 2. The minimum absolute atomic E-state index is 0.129. The minimum atomic E-state index is -1.98. The van der Waals surface area contributed by atoms with Crippen LogP contribution in [-0.2, 0) is 4.74 Å². The van der Waals surface area contributed by atoms with Crippen molar-refractivity contribution in [1.82, 2.24) is 0 Å². The highest BCUT2D eigenvalue weighted by molar-refractivity contribution is 6.90. The van der Waals surface area contributed by atoms with Crippen molar-refractivity contribution in [3.8, 4) is 17.2 Å². The third-order valence-electron chi connectivity index (χ3n) is 5.68. The van der Waals surface area contributed by atoms with Gasteiger partial charge >= 0.3 is 0 Å². The summed E-state index contributed by atoms with van der Waals surface area (Å²) in [6, 6.07) is 6.70. The molecule has 0 bridgehead atoms. The molecule has 0 unspecified atom stereocenters. The number of hydrogen-bond donors (Lipinski definition) is 0. The normalized spacial score (nSPS) is 12.0. The predicted octanol–water partition coefficient (Wildman–Crippen LogP) is 5.32. The number of methoxy groups -OCH3 is 1. The second kappa shape index (κ2) is 9.15. The summed E-state index contributed by atoms with van der Waals surface area (Å²) in [7, 11) is 5.85. The van der Waals surface area contributed by atoms with Gasteiger partial charge in [-0.2, -0.15) is 0 Å². The Hall–Kier alpha value is -1.77. The molecule has 0 heterocycles. The van der Waals surface area contributed by atoms with Crippen molar-refractivity contribution >= 4 is 32.2 Å². The van der Waals surface area contributed by atoms with Crippen LogP contribution >= 0.6 is 0 Å². The lowest BCUT2D eigenvalue weighted by atomic mass is 9.87. The molecule has 0 atom stereocenters. The van der Waals surface area contributed by atoms with Crippen molar-refractivity contribution in [2.75, 3.05) is 13.9 Å². The van der Waals surface area contributed by atoms with Gasteiger partial charge in [0.1, 0.15) is 27.5 Å². The van der Waals surface area contributed by atoms with Gasteiger partial charge < -0.3 is 9.47 Å². The van der Waals surface area contributed by atoms with Gasteiger partial charge in [0.2, 0.25) is 0 Å². The molecule has 28 heavy (non-hydrogen) atoms. The van der Waals surface area contributed by atoms with Crippen LogP contribution < -0.4 is 10.2 Å². The standard InChI is InChI=1S/C23H30BFO2Si/c1-15(2)28(16(3)4,17(5)6)11-10-20-22(25)9-8-18-12-19(27-14-26-7)13-21(24)23(18)20/h8-9,12-13,15-17H,14H2,1-7H3. The van der Waals surface area contributed by atoms with Crippen LogP contribution in [0.3, 0.4) is 0 Å². The van der Waals surface area contributed by atoms with Crippen LogP contribution in [0, 0.1) is 17.3 Å². The molecule has 0 aliphatic heterocycles. The maximum Gasteiger partial charge on any atom is 0.188 e. The average Bonchev–Trinajstić information content (AvgIpc) is 2.61. The first-order chi connectivity index (χ1) is 13.1. The van der Waals surface area contributed by atoms with Crippen LogP contribution in [0.5, 0.6) is 5.75 Å². The van der Waals surface area contributed by atoms with Crippen LogP contribution in [0.2, 0.25) is 16.6 Å². The van der Waals surface area contributed by atoms with Crippen molar-refractivity contribution in [3.05, 3.63) is 35.6 Å². The molecule has 5 heteroatoms. The van der Waals surface area contributed by atoms with E-state index >= 15 is 0 Å². The highest BCUT2D eigenvalue weighted by Crippen LogP contribution is 2.41. The summed E-state index contributed by atoms with van der Waals surface area (Å²) in [4.78, 5) is 0. The van der Waals surface area contributed by atoms with Gasteiger partial charge in [0.25, 0.3) is 0 Å². The van der Waals surface area contributed by atoms with E-state index in [1.807, 2.05) is 6.07 Å². The zero-order valence-electron chi connectivity index (χ0n) is 18.0. The Morgan fingerprint density at radius 3 is 2.18 bits per heavy atom. The lowest BCUT2D eigenvalue weighted by molar-refractivity contribution is 0.0513. The molecule has 2 radical (unpaired) electrons. The lowest BCUT2D eigenvalue weighted by Gasteiger charge is -2.38. The molecule has 148 valence electrons. The van der Waals surface area contributed by atoms with Crippen LogP contribution in [0.15, 0.2) is 24.3 Å². The Kier molecular flexibility index (Phi) is 7.36. The maximum atomic E-state index is 14.8. The first-order valence-electron chi connectivity index (χ1n) is 9.81. The Morgan fingerprint density at radius 1 is 1.04 bits per heavy atom. The molecular formula is C23H30BFO2Si. The molecular weight excluding hydrogens is 366 g/mol. The Balaban J connectivity index is 2.68. The Bertz CT molecular complexity index is 875. The molecule has 0 saturated heterocycles.